The third-order valence-electron chi connectivity index (χ3n) is 3.91. The molecule has 8 heteroatoms. The van der Waals surface area contributed by atoms with Crippen LogP contribution in [0.5, 0.6) is 0 Å². The third kappa shape index (κ3) is 4.47. The zero-order valence-electron chi connectivity index (χ0n) is 14.9. The van der Waals surface area contributed by atoms with Crippen molar-refractivity contribution in [3.8, 4) is 0 Å². The summed E-state index contributed by atoms with van der Waals surface area (Å²) in [4.78, 5) is 27.7. The van der Waals surface area contributed by atoms with Gasteiger partial charge in [-0.1, -0.05) is 60.3 Å². The Hall–Kier alpha value is -2.97. The molecule has 0 aliphatic carbocycles. The number of amides is 1. The lowest BCUT2D eigenvalue weighted by atomic mass is 10.2. The number of hydrogen-bond acceptors (Lipinski definition) is 7. The third-order valence-corrected chi connectivity index (χ3v) is 5.57. The van der Waals surface area contributed by atoms with E-state index in [1.165, 1.54) is 23.1 Å². The molecule has 3 aromatic rings. The Morgan fingerprint density at radius 2 is 1.86 bits per heavy atom. The summed E-state index contributed by atoms with van der Waals surface area (Å²) < 4.78 is 0. The fourth-order valence-electron chi connectivity index (χ4n) is 2.61. The van der Waals surface area contributed by atoms with Gasteiger partial charge in [0, 0.05) is 22.8 Å². The molecule has 1 aliphatic rings. The number of hydrogen-bond donors (Lipinski definition) is 1. The van der Waals surface area contributed by atoms with Crippen LogP contribution in [0.15, 0.2) is 82.2 Å². The Morgan fingerprint density at radius 1 is 1.11 bits per heavy atom. The van der Waals surface area contributed by atoms with Gasteiger partial charge in [0.05, 0.1) is 5.75 Å². The SMILES string of the molecule is O=C(CSC1=NC(c2ccccc2)=NCN1c1ccccc1)Nc1nccs1. The van der Waals surface area contributed by atoms with Gasteiger partial charge < -0.3 is 10.2 Å². The molecule has 140 valence electrons. The van der Waals surface area contributed by atoms with Gasteiger partial charge in [-0.3, -0.25) is 4.79 Å². The van der Waals surface area contributed by atoms with E-state index in [0.717, 1.165) is 16.4 Å². The smallest absolute Gasteiger partial charge is 0.236 e. The highest BCUT2D eigenvalue weighted by atomic mass is 32.2. The molecular weight excluding hydrogens is 390 g/mol. The van der Waals surface area contributed by atoms with E-state index in [9.17, 15) is 4.79 Å². The predicted molar refractivity (Wildman–Crippen MR) is 117 cm³/mol. The van der Waals surface area contributed by atoms with Gasteiger partial charge in [-0.05, 0) is 12.1 Å². The first-order valence-corrected chi connectivity index (χ1v) is 10.5. The maximum atomic E-state index is 12.3. The van der Waals surface area contributed by atoms with Crippen molar-refractivity contribution in [1.82, 2.24) is 4.98 Å². The minimum absolute atomic E-state index is 0.112. The van der Waals surface area contributed by atoms with Crippen LogP contribution in [-0.2, 0) is 4.79 Å². The maximum Gasteiger partial charge on any atom is 0.236 e. The van der Waals surface area contributed by atoms with E-state index >= 15 is 0 Å². The molecule has 28 heavy (non-hydrogen) atoms. The quantitative estimate of drug-likeness (QED) is 0.691. The van der Waals surface area contributed by atoms with E-state index in [2.05, 4.69) is 15.3 Å². The molecule has 1 aliphatic heterocycles. The zero-order chi connectivity index (χ0) is 19.2. The second kappa shape index (κ2) is 8.81. The van der Waals surface area contributed by atoms with Crippen molar-refractivity contribution in [2.45, 2.75) is 0 Å². The molecule has 0 radical (unpaired) electrons. The van der Waals surface area contributed by atoms with Crippen molar-refractivity contribution in [3.05, 3.63) is 77.8 Å². The van der Waals surface area contributed by atoms with Crippen molar-refractivity contribution in [1.29, 1.82) is 0 Å². The summed E-state index contributed by atoms with van der Waals surface area (Å²) in [5.41, 5.74) is 1.95. The van der Waals surface area contributed by atoms with Crippen molar-refractivity contribution in [3.63, 3.8) is 0 Å². The average Bonchev–Trinajstić information content (AvgIpc) is 3.26. The first kappa shape index (κ1) is 18.4. The number of benzene rings is 2. The fourth-order valence-corrected chi connectivity index (χ4v) is 3.96. The number of carbonyl (C=O) groups excluding carboxylic acids is 1. The number of nitrogens with one attached hydrogen (secondary N) is 1. The van der Waals surface area contributed by atoms with Crippen molar-refractivity contribution in [2.75, 3.05) is 22.6 Å². The van der Waals surface area contributed by atoms with E-state index in [0.29, 0.717) is 17.6 Å². The first-order chi connectivity index (χ1) is 13.8. The Morgan fingerprint density at radius 3 is 2.57 bits per heavy atom. The number of carbonyl (C=O) groups is 1. The second-order valence-electron chi connectivity index (χ2n) is 5.82. The molecule has 0 bridgehead atoms. The highest BCUT2D eigenvalue weighted by Crippen LogP contribution is 2.23. The number of aromatic nitrogens is 1. The number of thioether (sulfide) groups is 1. The summed E-state index contributed by atoms with van der Waals surface area (Å²) in [5, 5.41) is 5.97. The first-order valence-electron chi connectivity index (χ1n) is 8.63. The van der Waals surface area contributed by atoms with Crippen LogP contribution in [-0.4, -0.2) is 34.3 Å². The lowest BCUT2D eigenvalue weighted by Gasteiger charge is -2.27. The van der Waals surface area contributed by atoms with Crippen LogP contribution in [0.25, 0.3) is 0 Å². The minimum Gasteiger partial charge on any atom is -0.301 e. The molecule has 2 aromatic carbocycles. The summed E-state index contributed by atoms with van der Waals surface area (Å²) in [5.74, 6) is 0.805. The van der Waals surface area contributed by atoms with E-state index in [1.807, 2.05) is 70.9 Å². The van der Waals surface area contributed by atoms with Gasteiger partial charge in [0.25, 0.3) is 0 Å². The Kier molecular flexibility index (Phi) is 5.79. The highest BCUT2D eigenvalue weighted by molar-refractivity contribution is 8.14. The van der Waals surface area contributed by atoms with Crippen LogP contribution in [0, 0.1) is 0 Å². The highest BCUT2D eigenvalue weighted by Gasteiger charge is 2.21. The molecule has 1 aromatic heterocycles. The minimum atomic E-state index is -0.112. The Labute approximate surface area is 171 Å². The van der Waals surface area contributed by atoms with Crippen LogP contribution >= 0.6 is 23.1 Å². The van der Waals surface area contributed by atoms with Crippen LogP contribution in [0.2, 0.25) is 0 Å². The van der Waals surface area contributed by atoms with Crippen molar-refractivity contribution in [2.24, 2.45) is 9.98 Å². The number of rotatable bonds is 5. The standard InChI is InChI=1S/C20H17N5OS2/c26-17(23-19-21-11-12-27-19)13-28-20-24-18(15-7-3-1-4-8-15)22-14-25(20)16-9-5-2-6-10-16/h1-12H,13-14H2,(H,21,23,26). The van der Waals surface area contributed by atoms with Gasteiger partial charge in [0.1, 0.15) is 6.67 Å². The lowest BCUT2D eigenvalue weighted by molar-refractivity contribution is -0.113. The van der Waals surface area contributed by atoms with E-state index in [1.54, 1.807) is 6.20 Å². The number of nitrogens with zero attached hydrogens (tertiary/aromatic N) is 4. The number of para-hydroxylation sites is 1. The van der Waals surface area contributed by atoms with E-state index < -0.39 is 0 Å². The molecule has 1 N–H and O–H groups in total. The molecule has 0 unspecified atom stereocenters. The molecule has 2 heterocycles. The van der Waals surface area contributed by atoms with Crippen molar-refractivity contribution < 1.29 is 4.79 Å². The number of anilines is 2. The monoisotopic (exact) mass is 407 g/mol. The fraction of sp³-hybridized carbons (Fsp3) is 0.100. The number of amidine groups is 2. The molecule has 4 rings (SSSR count). The van der Waals surface area contributed by atoms with Crippen LogP contribution in [0.1, 0.15) is 5.56 Å². The van der Waals surface area contributed by atoms with Crippen LogP contribution < -0.4 is 10.2 Å². The topological polar surface area (TPSA) is 70.0 Å². The summed E-state index contributed by atoms with van der Waals surface area (Å²) in [6.45, 7) is 0.453. The number of aliphatic imine (C=N–C) groups is 2. The molecule has 0 saturated carbocycles. The van der Waals surface area contributed by atoms with Gasteiger partial charge in [0.2, 0.25) is 5.91 Å². The van der Waals surface area contributed by atoms with Crippen LogP contribution in [0.3, 0.4) is 0 Å². The molecule has 0 saturated heterocycles. The predicted octanol–water partition coefficient (Wildman–Crippen LogP) is 4.10. The molecule has 0 atom stereocenters. The lowest BCUT2D eigenvalue weighted by Crippen LogP contribution is -2.34. The molecule has 6 nitrogen and oxygen atoms in total. The summed E-state index contributed by atoms with van der Waals surface area (Å²) in [6.07, 6.45) is 1.67. The largest absolute Gasteiger partial charge is 0.301 e. The van der Waals surface area contributed by atoms with Gasteiger partial charge in [-0.2, -0.15) is 0 Å². The Bertz CT molecular complexity index is 988. The summed E-state index contributed by atoms with van der Waals surface area (Å²) in [6, 6.07) is 19.8. The van der Waals surface area contributed by atoms with E-state index in [-0.39, 0.29) is 11.7 Å². The molecule has 0 spiro atoms. The molecule has 1 amide bonds. The maximum absolute atomic E-state index is 12.3. The normalized spacial score (nSPS) is 13.6. The summed E-state index contributed by atoms with van der Waals surface area (Å²) >= 11 is 2.78. The Balaban J connectivity index is 1.53. The zero-order valence-corrected chi connectivity index (χ0v) is 16.5. The second-order valence-corrected chi connectivity index (χ2v) is 7.66. The van der Waals surface area contributed by atoms with Gasteiger partial charge >= 0.3 is 0 Å². The molecular formula is C20H17N5OS2. The number of thiazole rings is 1. The summed E-state index contributed by atoms with van der Waals surface area (Å²) in [7, 11) is 0. The van der Waals surface area contributed by atoms with Gasteiger partial charge in [0.15, 0.2) is 16.1 Å². The van der Waals surface area contributed by atoms with E-state index in [4.69, 9.17) is 4.99 Å². The van der Waals surface area contributed by atoms with Crippen molar-refractivity contribution >= 4 is 50.8 Å². The molecule has 0 fully saturated rings. The average molecular weight is 408 g/mol. The van der Waals surface area contributed by atoms with Gasteiger partial charge in [-0.25, -0.2) is 15.0 Å². The van der Waals surface area contributed by atoms with Crippen LogP contribution in [0.4, 0.5) is 10.8 Å². The van der Waals surface area contributed by atoms with Gasteiger partial charge in [-0.15, -0.1) is 11.3 Å².